The second-order valence-corrected chi connectivity index (χ2v) is 9.19. The normalized spacial score (nSPS) is 14.3. The number of carbonyl (C=O) groups excluding carboxylic acids is 1. The Labute approximate surface area is 166 Å². The molecule has 0 aromatic rings. The summed E-state index contributed by atoms with van der Waals surface area (Å²) in [6.45, 7) is 10.3. The molecule has 0 aliphatic rings. The van der Waals surface area contributed by atoms with E-state index >= 15 is 0 Å². The predicted molar refractivity (Wildman–Crippen MR) is 109 cm³/mol. The van der Waals surface area contributed by atoms with Gasteiger partial charge in [0.15, 0.2) is 8.38 Å². The summed E-state index contributed by atoms with van der Waals surface area (Å²) < 4.78 is 24.4. The second-order valence-electron chi connectivity index (χ2n) is 6.14. The predicted octanol–water partition coefficient (Wildman–Crippen LogP) is 3.90. The Morgan fingerprint density at radius 3 is 2.22 bits per heavy atom. The molecule has 1 N–H and O–H groups in total. The van der Waals surface area contributed by atoms with Crippen molar-refractivity contribution in [3.05, 3.63) is 11.9 Å². The van der Waals surface area contributed by atoms with Crippen LogP contribution in [0.4, 0.5) is 0 Å². The van der Waals surface area contributed by atoms with Gasteiger partial charge in [0.1, 0.15) is 0 Å². The van der Waals surface area contributed by atoms with E-state index in [0.717, 1.165) is 0 Å². The van der Waals surface area contributed by atoms with Crippen molar-refractivity contribution in [3.63, 3.8) is 0 Å². The molecule has 8 nitrogen and oxygen atoms in total. The maximum Gasteiger partial charge on any atom is 0.259 e. The van der Waals surface area contributed by atoms with Crippen molar-refractivity contribution in [1.29, 1.82) is 5.26 Å². The average Bonchev–Trinajstić information content (AvgIpc) is 2.58. The summed E-state index contributed by atoms with van der Waals surface area (Å²) in [5.41, 5.74) is 0. The van der Waals surface area contributed by atoms with Gasteiger partial charge in [0.2, 0.25) is 5.91 Å². The molecule has 0 aromatic carbocycles. The molecule has 0 saturated carbocycles. The van der Waals surface area contributed by atoms with Crippen molar-refractivity contribution in [3.8, 4) is 6.07 Å². The topological polar surface area (TPSA) is 93.0 Å². The molecule has 27 heavy (non-hydrogen) atoms. The van der Waals surface area contributed by atoms with E-state index in [1.165, 1.54) is 6.92 Å². The molecule has 0 saturated heterocycles. The number of hydrogen-bond donors (Lipinski definition) is 1. The van der Waals surface area contributed by atoms with Crippen LogP contribution in [-0.4, -0.2) is 56.1 Å². The smallest absolute Gasteiger partial charge is 0.259 e. The van der Waals surface area contributed by atoms with Crippen LogP contribution in [0.25, 0.3) is 0 Å². The van der Waals surface area contributed by atoms with E-state index in [9.17, 15) is 4.79 Å². The summed E-state index contributed by atoms with van der Waals surface area (Å²) in [6, 6.07) is 2.15. The van der Waals surface area contributed by atoms with Crippen LogP contribution in [-0.2, 0) is 22.9 Å². The Balaban J connectivity index is 5.15. The number of rotatable bonds is 14. The van der Waals surface area contributed by atoms with E-state index in [0.29, 0.717) is 13.0 Å². The first-order valence-corrected chi connectivity index (χ1v) is 11.2. The fourth-order valence-corrected chi connectivity index (χ4v) is 4.61. The monoisotopic (exact) mass is 421 g/mol. The molecular formula is C17H33N3O5P2. The van der Waals surface area contributed by atoms with Gasteiger partial charge in [0.25, 0.3) is 8.53 Å². The number of amides is 1. The molecule has 0 heterocycles. The van der Waals surface area contributed by atoms with Crippen molar-refractivity contribution >= 4 is 22.8 Å². The van der Waals surface area contributed by atoms with Crippen LogP contribution in [0.1, 0.15) is 41.0 Å². The van der Waals surface area contributed by atoms with Gasteiger partial charge < -0.3 is 23.4 Å². The molecule has 2 unspecified atom stereocenters. The van der Waals surface area contributed by atoms with Gasteiger partial charge in [-0.1, -0.05) is 6.08 Å². The summed E-state index contributed by atoms with van der Waals surface area (Å²) in [6.07, 6.45) is 2.10. The summed E-state index contributed by atoms with van der Waals surface area (Å²) in [5, 5.41) is 11.6. The van der Waals surface area contributed by atoms with Crippen molar-refractivity contribution in [1.82, 2.24) is 9.99 Å². The van der Waals surface area contributed by atoms with Gasteiger partial charge in [-0.05, 0) is 33.5 Å². The Morgan fingerprint density at radius 2 is 1.78 bits per heavy atom. The fourth-order valence-electron chi connectivity index (χ4n) is 2.23. The highest BCUT2D eigenvalue weighted by Crippen LogP contribution is 2.46. The third kappa shape index (κ3) is 11.7. The van der Waals surface area contributed by atoms with Crippen molar-refractivity contribution in [2.45, 2.75) is 59.2 Å². The maximum atomic E-state index is 11.5. The molecule has 0 rings (SSSR count). The molecule has 0 aliphatic heterocycles. The van der Waals surface area contributed by atoms with E-state index in [-0.39, 0.29) is 30.6 Å². The first-order chi connectivity index (χ1) is 12.8. The number of nitrogens with one attached hydrogen (secondary N) is 1. The summed E-state index contributed by atoms with van der Waals surface area (Å²) >= 11 is 0. The summed E-state index contributed by atoms with van der Waals surface area (Å²) in [4.78, 5) is 11.5. The Hall–Kier alpha value is -0.640. The molecule has 0 spiro atoms. The molecular weight excluding hydrogens is 388 g/mol. The Morgan fingerprint density at radius 1 is 1.19 bits per heavy atom. The molecule has 10 heteroatoms. The first kappa shape index (κ1) is 26.4. The lowest BCUT2D eigenvalue weighted by Gasteiger charge is -2.36. The molecule has 1 amide bonds. The van der Waals surface area contributed by atoms with Crippen molar-refractivity contribution in [2.75, 3.05) is 27.4 Å². The Bertz CT molecular complexity index is 474. The van der Waals surface area contributed by atoms with Crippen LogP contribution in [0.2, 0.25) is 0 Å². The second kappa shape index (κ2) is 15.3. The maximum absolute atomic E-state index is 11.5. The first-order valence-electron chi connectivity index (χ1n) is 8.80. The SMILES string of the molecule is COP(/C=C/C(COP(OCCC#N)N(C(C)C)C(C)C)NC(C)=O)OC. The number of nitrogens with zero attached hydrogens (tertiary/aromatic N) is 2. The minimum absolute atomic E-state index is 0.160. The minimum atomic E-state index is -1.37. The van der Waals surface area contributed by atoms with Crippen LogP contribution in [0.3, 0.4) is 0 Å². The van der Waals surface area contributed by atoms with Crippen molar-refractivity contribution < 1.29 is 22.9 Å². The van der Waals surface area contributed by atoms with E-state index in [2.05, 4.69) is 43.8 Å². The lowest BCUT2D eigenvalue weighted by molar-refractivity contribution is -0.119. The third-order valence-electron chi connectivity index (χ3n) is 3.22. The highest BCUT2D eigenvalue weighted by Gasteiger charge is 2.28. The number of hydrogen-bond acceptors (Lipinski definition) is 7. The lowest BCUT2D eigenvalue weighted by Crippen LogP contribution is -2.37. The van der Waals surface area contributed by atoms with Crippen LogP contribution in [0.15, 0.2) is 11.9 Å². The largest absolute Gasteiger partial charge is 0.348 e. The molecule has 0 bridgehead atoms. The molecule has 0 aliphatic carbocycles. The van der Waals surface area contributed by atoms with E-state index in [1.807, 2.05) is 0 Å². The molecule has 0 fully saturated rings. The van der Waals surface area contributed by atoms with E-state index < -0.39 is 16.9 Å². The average molecular weight is 421 g/mol. The van der Waals surface area contributed by atoms with Gasteiger partial charge in [-0.3, -0.25) is 4.79 Å². The highest BCUT2D eigenvalue weighted by molar-refractivity contribution is 7.50. The van der Waals surface area contributed by atoms with Crippen LogP contribution < -0.4 is 5.32 Å². The van der Waals surface area contributed by atoms with Crippen molar-refractivity contribution in [2.24, 2.45) is 0 Å². The quantitative estimate of drug-likeness (QED) is 0.336. The third-order valence-corrected chi connectivity index (χ3v) is 6.43. The number of nitriles is 1. The molecule has 2 atom stereocenters. The zero-order valence-electron chi connectivity index (χ0n) is 17.3. The molecule has 156 valence electrons. The standard InChI is InChI=1S/C17H33N3O5P2/c1-14(2)20(15(3)4)27(24-11-8-10-18)25-13-17(19-16(5)21)9-12-26(22-6)23-7/h9,12,14-15,17H,8,11,13H2,1-7H3,(H,19,21)/b12-9+. The summed E-state index contributed by atoms with van der Waals surface area (Å²) in [7, 11) is 0.619. The van der Waals surface area contributed by atoms with E-state index in [1.54, 1.807) is 26.1 Å². The zero-order chi connectivity index (χ0) is 20.8. The van der Waals surface area contributed by atoms with Gasteiger partial charge in [-0.25, -0.2) is 4.67 Å². The van der Waals surface area contributed by atoms with Crippen LogP contribution in [0.5, 0.6) is 0 Å². The van der Waals surface area contributed by atoms with Crippen LogP contribution >= 0.6 is 16.9 Å². The summed E-state index contributed by atoms with van der Waals surface area (Å²) in [5.74, 6) is 1.62. The van der Waals surface area contributed by atoms with E-state index in [4.69, 9.17) is 23.4 Å². The zero-order valence-corrected chi connectivity index (χ0v) is 19.1. The lowest BCUT2D eigenvalue weighted by atomic mass is 10.3. The van der Waals surface area contributed by atoms with Gasteiger partial charge in [-0.15, -0.1) is 0 Å². The van der Waals surface area contributed by atoms with Gasteiger partial charge in [0.05, 0.1) is 31.7 Å². The fraction of sp³-hybridized carbons (Fsp3) is 0.765. The minimum Gasteiger partial charge on any atom is -0.348 e. The Kier molecular flexibility index (Phi) is 14.9. The van der Waals surface area contributed by atoms with Gasteiger partial charge >= 0.3 is 0 Å². The molecule has 0 aromatic heterocycles. The van der Waals surface area contributed by atoms with Crippen LogP contribution in [0, 0.1) is 11.3 Å². The molecule has 0 radical (unpaired) electrons. The number of carbonyl (C=O) groups is 1. The highest BCUT2D eigenvalue weighted by atomic mass is 31.2. The van der Waals surface area contributed by atoms with Gasteiger partial charge in [0, 0.05) is 33.2 Å². The van der Waals surface area contributed by atoms with Gasteiger partial charge in [-0.2, -0.15) is 5.26 Å².